The lowest BCUT2D eigenvalue weighted by atomic mass is 9.86. The molecule has 0 atom stereocenters. The second kappa shape index (κ2) is 8.46. The van der Waals surface area contributed by atoms with Crippen LogP contribution in [0.3, 0.4) is 0 Å². The first-order chi connectivity index (χ1) is 14.3. The van der Waals surface area contributed by atoms with Gasteiger partial charge in [-0.1, -0.05) is 26.8 Å². The number of benzene rings is 1. The molecule has 166 valence electrons. The number of amides is 2. The number of carbonyl (C=O) groups is 2. The standard InChI is InChI=1S/C24H31N3O3S/c1-23(2,3)17-8-9-18-15(13-17)12-16-14-19(31-21(16)26-18)20(28)25-10-11-27(7)22(29)30-24(4,5)6/h8-9,12-14H,10-11H2,1-7H3,(H,25,28). The molecule has 2 amide bonds. The third-order valence-corrected chi connectivity index (χ3v) is 5.87. The Bertz CT molecular complexity index is 1120. The van der Waals surface area contributed by atoms with Crippen molar-refractivity contribution in [3.63, 3.8) is 0 Å². The molecule has 0 spiro atoms. The van der Waals surface area contributed by atoms with E-state index < -0.39 is 11.7 Å². The summed E-state index contributed by atoms with van der Waals surface area (Å²) in [4.78, 5) is 32.3. The van der Waals surface area contributed by atoms with Crippen molar-refractivity contribution in [2.75, 3.05) is 20.1 Å². The van der Waals surface area contributed by atoms with E-state index in [1.807, 2.05) is 32.9 Å². The molecular weight excluding hydrogens is 410 g/mol. The van der Waals surface area contributed by atoms with Gasteiger partial charge in [0.25, 0.3) is 5.91 Å². The van der Waals surface area contributed by atoms with Crippen LogP contribution in [0, 0.1) is 0 Å². The fourth-order valence-corrected chi connectivity index (χ4v) is 4.01. The molecule has 3 aromatic rings. The largest absolute Gasteiger partial charge is 0.444 e. The van der Waals surface area contributed by atoms with Crippen molar-refractivity contribution in [3.05, 3.63) is 40.8 Å². The van der Waals surface area contributed by atoms with Crippen LogP contribution >= 0.6 is 11.3 Å². The maximum absolute atomic E-state index is 12.6. The van der Waals surface area contributed by atoms with Gasteiger partial charge in [0.2, 0.25) is 0 Å². The summed E-state index contributed by atoms with van der Waals surface area (Å²) < 4.78 is 5.32. The molecule has 31 heavy (non-hydrogen) atoms. The van der Waals surface area contributed by atoms with Crippen LogP contribution in [-0.2, 0) is 10.2 Å². The number of likely N-dealkylation sites (N-methyl/N-ethyl adjacent to an activating group) is 1. The van der Waals surface area contributed by atoms with Gasteiger partial charge >= 0.3 is 6.09 Å². The molecule has 1 aromatic carbocycles. The quantitative estimate of drug-likeness (QED) is 0.593. The topological polar surface area (TPSA) is 71.5 Å². The van der Waals surface area contributed by atoms with Crippen LogP contribution in [0.15, 0.2) is 30.3 Å². The summed E-state index contributed by atoms with van der Waals surface area (Å²) in [6.45, 7) is 12.7. The molecule has 0 saturated carbocycles. The summed E-state index contributed by atoms with van der Waals surface area (Å²) in [6.07, 6.45) is -0.408. The van der Waals surface area contributed by atoms with Crippen LogP contribution in [0.25, 0.3) is 21.1 Å². The summed E-state index contributed by atoms with van der Waals surface area (Å²) in [6, 6.07) is 10.3. The Balaban J connectivity index is 1.69. The minimum atomic E-state index is -0.546. The van der Waals surface area contributed by atoms with E-state index in [2.05, 4.69) is 44.3 Å². The number of nitrogens with one attached hydrogen (secondary N) is 1. The molecule has 0 aliphatic carbocycles. The Hall–Kier alpha value is -2.67. The van der Waals surface area contributed by atoms with E-state index in [0.717, 1.165) is 21.1 Å². The zero-order valence-corrected chi connectivity index (χ0v) is 20.1. The molecule has 0 fully saturated rings. The Labute approximate surface area is 187 Å². The van der Waals surface area contributed by atoms with E-state index in [-0.39, 0.29) is 11.3 Å². The molecule has 2 heterocycles. The van der Waals surface area contributed by atoms with Gasteiger partial charge in [-0.05, 0) is 56.0 Å². The first kappa shape index (κ1) is 23.0. The van der Waals surface area contributed by atoms with Gasteiger partial charge < -0.3 is 15.0 Å². The first-order valence-electron chi connectivity index (χ1n) is 10.4. The summed E-state index contributed by atoms with van der Waals surface area (Å²) in [5.74, 6) is -0.167. The third kappa shape index (κ3) is 5.73. The van der Waals surface area contributed by atoms with Crippen molar-refractivity contribution in [1.82, 2.24) is 15.2 Å². The molecule has 0 aliphatic rings. The van der Waals surface area contributed by atoms with Crippen molar-refractivity contribution >= 4 is 44.5 Å². The summed E-state index contributed by atoms with van der Waals surface area (Å²) in [5.41, 5.74) is 1.70. The van der Waals surface area contributed by atoms with Crippen molar-refractivity contribution in [3.8, 4) is 0 Å². The fourth-order valence-electron chi connectivity index (χ4n) is 3.07. The van der Waals surface area contributed by atoms with Gasteiger partial charge in [-0.15, -0.1) is 11.3 Å². The predicted octanol–water partition coefficient (Wildman–Crippen LogP) is 5.34. The zero-order chi connectivity index (χ0) is 23.0. The molecule has 0 unspecified atom stereocenters. The van der Waals surface area contributed by atoms with Crippen LogP contribution in [-0.4, -0.2) is 47.6 Å². The third-order valence-electron chi connectivity index (χ3n) is 4.83. The lowest BCUT2D eigenvalue weighted by Crippen LogP contribution is -2.39. The molecular formula is C24H31N3O3S. The minimum absolute atomic E-state index is 0.0648. The minimum Gasteiger partial charge on any atom is -0.444 e. The lowest BCUT2D eigenvalue weighted by Gasteiger charge is -2.24. The van der Waals surface area contributed by atoms with Gasteiger partial charge in [0.15, 0.2) is 0 Å². The van der Waals surface area contributed by atoms with E-state index in [1.165, 1.54) is 21.8 Å². The molecule has 6 nitrogen and oxygen atoms in total. The number of hydrogen-bond donors (Lipinski definition) is 1. The van der Waals surface area contributed by atoms with Gasteiger partial charge in [0, 0.05) is 30.9 Å². The number of nitrogens with zero attached hydrogens (tertiary/aromatic N) is 2. The van der Waals surface area contributed by atoms with Crippen molar-refractivity contribution in [1.29, 1.82) is 0 Å². The highest BCUT2D eigenvalue weighted by Crippen LogP contribution is 2.30. The maximum atomic E-state index is 12.6. The van der Waals surface area contributed by atoms with Gasteiger partial charge in [-0.25, -0.2) is 9.78 Å². The molecule has 1 N–H and O–H groups in total. The van der Waals surface area contributed by atoms with E-state index in [4.69, 9.17) is 9.72 Å². The Kier molecular flexibility index (Phi) is 6.28. The second-order valence-corrected chi connectivity index (χ2v) is 10.8. The average Bonchev–Trinajstić information content (AvgIpc) is 3.06. The fraction of sp³-hybridized carbons (Fsp3) is 0.458. The first-order valence-corrected chi connectivity index (χ1v) is 11.2. The average molecular weight is 442 g/mol. The van der Waals surface area contributed by atoms with E-state index in [1.54, 1.807) is 7.05 Å². The van der Waals surface area contributed by atoms with Crippen LogP contribution < -0.4 is 5.32 Å². The van der Waals surface area contributed by atoms with Crippen molar-refractivity contribution in [2.24, 2.45) is 0 Å². The Morgan fingerprint density at radius 2 is 1.77 bits per heavy atom. The number of carbonyl (C=O) groups excluding carboxylic acids is 2. The lowest BCUT2D eigenvalue weighted by molar-refractivity contribution is 0.0299. The van der Waals surface area contributed by atoms with E-state index >= 15 is 0 Å². The van der Waals surface area contributed by atoms with Crippen LogP contribution in [0.4, 0.5) is 4.79 Å². The SMILES string of the molecule is CN(CCNC(=O)c1cc2cc3cc(C(C)(C)C)ccc3nc2s1)C(=O)OC(C)(C)C. The summed E-state index contributed by atoms with van der Waals surface area (Å²) in [5, 5.41) is 4.90. The van der Waals surface area contributed by atoms with E-state index in [9.17, 15) is 9.59 Å². The summed E-state index contributed by atoms with van der Waals surface area (Å²) in [7, 11) is 1.65. The molecule has 0 bridgehead atoms. The number of aromatic nitrogens is 1. The number of rotatable bonds is 4. The van der Waals surface area contributed by atoms with E-state index in [0.29, 0.717) is 18.0 Å². The zero-order valence-electron chi connectivity index (χ0n) is 19.3. The smallest absolute Gasteiger partial charge is 0.410 e. The van der Waals surface area contributed by atoms with Crippen LogP contribution in [0.5, 0.6) is 0 Å². The number of thiophene rings is 1. The summed E-state index contributed by atoms with van der Waals surface area (Å²) >= 11 is 1.37. The molecule has 0 saturated heterocycles. The maximum Gasteiger partial charge on any atom is 0.410 e. The van der Waals surface area contributed by atoms with Gasteiger partial charge in [0.05, 0.1) is 10.4 Å². The van der Waals surface area contributed by atoms with Gasteiger partial charge in [-0.3, -0.25) is 4.79 Å². The molecule has 0 aliphatic heterocycles. The number of ether oxygens (including phenoxy) is 1. The van der Waals surface area contributed by atoms with Crippen molar-refractivity contribution < 1.29 is 14.3 Å². The number of fused-ring (bicyclic) bond motifs is 2. The molecule has 2 aromatic heterocycles. The number of pyridine rings is 1. The Morgan fingerprint density at radius 3 is 2.42 bits per heavy atom. The number of hydrogen-bond acceptors (Lipinski definition) is 5. The highest BCUT2D eigenvalue weighted by molar-refractivity contribution is 7.20. The Morgan fingerprint density at radius 1 is 1.06 bits per heavy atom. The molecule has 0 radical (unpaired) electrons. The van der Waals surface area contributed by atoms with Crippen molar-refractivity contribution in [2.45, 2.75) is 52.6 Å². The van der Waals surface area contributed by atoms with Crippen LogP contribution in [0.2, 0.25) is 0 Å². The van der Waals surface area contributed by atoms with Crippen LogP contribution in [0.1, 0.15) is 56.8 Å². The highest BCUT2D eigenvalue weighted by atomic mass is 32.1. The molecule has 3 rings (SSSR count). The highest BCUT2D eigenvalue weighted by Gasteiger charge is 2.20. The predicted molar refractivity (Wildman–Crippen MR) is 127 cm³/mol. The van der Waals surface area contributed by atoms with Gasteiger partial charge in [0.1, 0.15) is 10.4 Å². The molecule has 7 heteroatoms. The second-order valence-electron chi connectivity index (χ2n) is 9.81. The normalized spacial score (nSPS) is 12.2. The van der Waals surface area contributed by atoms with Gasteiger partial charge in [-0.2, -0.15) is 0 Å². The monoisotopic (exact) mass is 441 g/mol.